The zero-order valence-electron chi connectivity index (χ0n) is 13.1. The summed E-state index contributed by atoms with van der Waals surface area (Å²) in [5.41, 5.74) is 0. The Balaban J connectivity index is 0. The van der Waals surface area contributed by atoms with E-state index in [2.05, 4.69) is 21.0 Å². The van der Waals surface area contributed by atoms with Crippen LogP contribution in [0.15, 0.2) is 0 Å². The van der Waals surface area contributed by atoms with E-state index in [-0.39, 0.29) is 6.23 Å². The molecule has 5 nitrogen and oxygen atoms in total. The Hall–Kier alpha value is -0.170. The van der Waals surface area contributed by atoms with E-state index in [9.17, 15) is 5.11 Å². The number of hydrogen-bond acceptors (Lipinski definition) is 4. The van der Waals surface area contributed by atoms with E-state index >= 15 is 0 Å². The molecule has 0 saturated carbocycles. The van der Waals surface area contributed by atoms with Crippen molar-refractivity contribution in [2.24, 2.45) is 0 Å². The summed E-state index contributed by atoms with van der Waals surface area (Å²) in [6.07, 6.45) is 8.32. The van der Waals surface area contributed by atoms with Crippen LogP contribution in [0.4, 0.5) is 0 Å². The first kappa shape index (κ1) is 21.1. The molecule has 0 bridgehead atoms. The highest BCUT2D eigenvalue weighted by Crippen LogP contribution is 2.10. The Kier molecular flexibility index (Phi) is 11.8. The lowest BCUT2D eigenvalue weighted by molar-refractivity contribution is -0.934. The van der Waals surface area contributed by atoms with Crippen molar-refractivity contribution in [3.63, 3.8) is 0 Å². The summed E-state index contributed by atoms with van der Waals surface area (Å²) in [5, 5.41) is 9.49. The molecule has 0 heterocycles. The minimum atomic E-state index is -3.92. The highest BCUT2D eigenvalue weighted by atomic mass is 32.2. The molecule has 0 aromatic carbocycles. The maximum atomic E-state index is 9.49. The molecule has 0 aromatic heterocycles. The summed E-state index contributed by atoms with van der Waals surface area (Å²) in [6.45, 7) is 5.20. The van der Waals surface area contributed by atoms with Crippen molar-refractivity contribution >= 4 is 10.1 Å². The maximum absolute atomic E-state index is 9.49. The van der Waals surface area contributed by atoms with Crippen molar-refractivity contribution in [2.45, 2.75) is 58.6 Å². The molecule has 1 unspecified atom stereocenters. The summed E-state index contributed by atoms with van der Waals surface area (Å²) in [4.78, 5) is 0. The number of unbranched alkanes of at least 4 members (excludes halogenated alkanes) is 5. The van der Waals surface area contributed by atoms with Crippen LogP contribution in [-0.2, 0) is 10.1 Å². The van der Waals surface area contributed by atoms with Crippen LogP contribution in [0.5, 0.6) is 0 Å². The van der Waals surface area contributed by atoms with Crippen molar-refractivity contribution in [3.8, 4) is 0 Å². The van der Waals surface area contributed by atoms with Crippen LogP contribution < -0.4 is 0 Å². The molecule has 0 rings (SSSR count). The molecule has 0 radical (unpaired) electrons. The normalized spacial score (nSPS) is 13.6. The van der Waals surface area contributed by atoms with Gasteiger partial charge in [0, 0.05) is 13.2 Å². The molecule has 118 valence electrons. The molecule has 0 aromatic rings. The molecular formula is C13H31NO4S. The molecule has 0 aliphatic carbocycles. The molecule has 0 amide bonds. The third-order valence-electron chi connectivity index (χ3n) is 3.10. The second-order valence-electron chi connectivity index (χ2n) is 5.61. The Morgan fingerprint density at radius 1 is 1.11 bits per heavy atom. The standard InChI is InChI=1S/C12H28NO.CH4O3S/c1-5-6-7-8-9-10-11-13(3,4)12(2)14;1-5(2,3)4/h12,14H,5-11H2,1-4H3;1H3,(H,2,3,4)/q+1;/p-1. The predicted molar refractivity (Wildman–Crippen MR) is 77.7 cm³/mol. The highest BCUT2D eigenvalue weighted by Gasteiger charge is 2.19. The molecule has 19 heavy (non-hydrogen) atoms. The van der Waals surface area contributed by atoms with Crippen LogP contribution in [-0.4, -0.2) is 55.7 Å². The van der Waals surface area contributed by atoms with E-state index in [1.54, 1.807) is 0 Å². The van der Waals surface area contributed by atoms with E-state index in [1.165, 1.54) is 38.5 Å². The van der Waals surface area contributed by atoms with Crippen molar-refractivity contribution in [1.29, 1.82) is 0 Å². The van der Waals surface area contributed by atoms with E-state index < -0.39 is 10.1 Å². The molecule has 0 aliphatic rings. The fourth-order valence-corrected chi connectivity index (χ4v) is 1.49. The molecular weight excluding hydrogens is 266 g/mol. The van der Waals surface area contributed by atoms with Crippen molar-refractivity contribution < 1.29 is 22.6 Å². The lowest BCUT2D eigenvalue weighted by Gasteiger charge is -2.32. The van der Waals surface area contributed by atoms with Crippen molar-refractivity contribution in [1.82, 2.24) is 0 Å². The van der Waals surface area contributed by atoms with Crippen LogP contribution in [0.3, 0.4) is 0 Å². The van der Waals surface area contributed by atoms with E-state index in [0.717, 1.165) is 11.0 Å². The molecule has 0 spiro atoms. The molecule has 6 heteroatoms. The summed E-state index contributed by atoms with van der Waals surface area (Å²) in [7, 11) is 0.271. The molecule has 0 aliphatic heterocycles. The quantitative estimate of drug-likeness (QED) is 0.321. The Morgan fingerprint density at radius 2 is 1.47 bits per heavy atom. The number of rotatable bonds is 8. The Bertz CT molecular complexity index is 292. The molecule has 0 saturated heterocycles. The van der Waals surface area contributed by atoms with Crippen molar-refractivity contribution in [2.75, 3.05) is 26.9 Å². The van der Waals surface area contributed by atoms with Gasteiger partial charge in [-0.05, 0) is 12.8 Å². The van der Waals surface area contributed by atoms with E-state index in [4.69, 9.17) is 13.0 Å². The van der Waals surface area contributed by atoms with Crippen LogP contribution in [0, 0.1) is 0 Å². The van der Waals surface area contributed by atoms with Crippen LogP contribution in [0.2, 0.25) is 0 Å². The Labute approximate surface area is 119 Å². The van der Waals surface area contributed by atoms with Gasteiger partial charge in [0.15, 0.2) is 6.23 Å². The predicted octanol–water partition coefficient (Wildman–Crippen LogP) is 1.92. The number of aliphatic hydroxyl groups excluding tert-OH is 1. The van der Waals surface area contributed by atoms with Gasteiger partial charge in [-0.1, -0.05) is 32.6 Å². The second-order valence-corrected chi connectivity index (χ2v) is 7.01. The topological polar surface area (TPSA) is 77.4 Å². The first-order chi connectivity index (χ1) is 8.50. The van der Waals surface area contributed by atoms with Gasteiger partial charge in [0.2, 0.25) is 0 Å². The number of hydrogen-bond donors (Lipinski definition) is 1. The number of nitrogens with zero attached hydrogens (tertiary/aromatic N) is 1. The lowest BCUT2D eigenvalue weighted by Crippen LogP contribution is -2.47. The van der Waals surface area contributed by atoms with Gasteiger partial charge >= 0.3 is 0 Å². The summed E-state index contributed by atoms with van der Waals surface area (Å²) in [6, 6.07) is 0. The average molecular weight is 297 g/mol. The van der Waals surface area contributed by atoms with Gasteiger partial charge in [0.25, 0.3) is 0 Å². The van der Waals surface area contributed by atoms with Gasteiger partial charge in [0.1, 0.15) is 0 Å². The fourth-order valence-electron chi connectivity index (χ4n) is 1.49. The minimum absolute atomic E-state index is 0.245. The van der Waals surface area contributed by atoms with E-state index in [0.29, 0.717) is 6.26 Å². The van der Waals surface area contributed by atoms with Crippen LogP contribution in [0.1, 0.15) is 52.4 Å². The summed E-state index contributed by atoms with van der Waals surface area (Å²) >= 11 is 0. The minimum Gasteiger partial charge on any atom is -0.748 e. The third kappa shape index (κ3) is 20.3. The van der Waals surface area contributed by atoms with Crippen LogP contribution in [0.25, 0.3) is 0 Å². The molecule has 1 N–H and O–H groups in total. The van der Waals surface area contributed by atoms with Gasteiger partial charge in [-0.25, -0.2) is 8.42 Å². The summed E-state index contributed by atoms with van der Waals surface area (Å²) < 4.78 is 28.0. The third-order valence-corrected chi connectivity index (χ3v) is 3.10. The van der Waals surface area contributed by atoms with Crippen LogP contribution >= 0.6 is 0 Å². The van der Waals surface area contributed by atoms with Crippen molar-refractivity contribution in [3.05, 3.63) is 0 Å². The first-order valence-corrected chi connectivity index (χ1v) is 8.74. The summed E-state index contributed by atoms with van der Waals surface area (Å²) in [5.74, 6) is 0. The van der Waals surface area contributed by atoms with Gasteiger partial charge in [-0.3, -0.25) is 0 Å². The number of aliphatic hydroxyl groups is 1. The monoisotopic (exact) mass is 297 g/mol. The molecule has 1 atom stereocenters. The van der Waals surface area contributed by atoms with Gasteiger partial charge < -0.3 is 14.1 Å². The van der Waals surface area contributed by atoms with E-state index in [1.807, 2.05) is 6.92 Å². The number of quaternary nitrogens is 1. The highest BCUT2D eigenvalue weighted by molar-refractivity contribution is 7.84. The Morgan fingerprint density at radius 3 is 1.84 bits per heavy atom. The average Bonchev–Trinajstić information content (AvgIpc) is 2.20. The zero-order chi connectivity index (χ0) is 15.5. The molecule has 0 fully saturated rings. The maximum Gasteiger partial charge on any atom is 0.187 e. The SMILES string of the molecule is CCCCCCCC[N+](C)(C)C(C)O.CS(=O)(=O)[O-]. The first-order valence-electron chi connectivity index (χ1n) is 6.92. The fraction of sp³-hybridized carbons (Fsp3) is 1.00. The smallest absolute Gasteiger partial charge is 0.187 e. The van der Waals surface area contributed by atoms with Gasteiger partial charge in [0.05, 0.1) is 30.8 Å². The lowest BCUT2D eigenvalue weighted by atomic mass is 10.1. The van der Waals surface area contributed by atoms with Gasteiger partial charge in [-0.15, -0.1) is 0 Å². The van der Waals surface area contributed by atoms with Gasteiger partial charge in [-0.2, -0.15) is 0 Å². The second kappa shape index (κ2) is 10.6. The largest absolute Gasteiger partial charge is 0.748 e. The zero-order valence-corrected chi connectivity index (χ0v) is 13.9.